The number of rotatable bonds is 6. The van der Waals surface area contributed by atoms with Crippen LogP contribution in [-0.4, -0.2) is 34.2 Å². The van der Waals surface area contributed by atoms with E-state index in [1.165, 1.54) is 19.3 Å². The molecule has 0 aliphatic heterocycles. The summed E-state index contributed by atoms with van der Waals surface area (Å²) in [6.45, 7) is 0. The quantitative estimate of drug-likeness (QED) is 0.530. The van der Waals surface area contributed by atoms with Crippen molar-refractivity contribution in [1.29, 1.82) is 0 Å². The Kier molecular flexibility index (Phi) is 6.55. The molecule has 1 atom stereocenters. The molecule has 0 heterocycles. The number of carboxylic acids is 1. The van der Waals surface area contributed by atoms with E-state index in [1.54, 1.807) is 0 Å². The Labute approximate surface area is 118 Å². The highest BCUT2D eigenvalue weighted by molar-refractivity contribution is 7.80. The number of carbonyl (C=O) groups excluding carboxylic acids is 1. The van der Waals surface area contributed by atoms with Crippen molar-refractivity contribution in [3.63, 3.8) is 0 Å². The molecule has 1 aliphatic rings. The molecular formula is C12H21N3O3S. The van der Waals surface area contributed by atoms with Crippen molar-refractivity contribution in [1.82, 2.24) is 10.6 Å². The van der Waals surface area contributed by atoms with E-state index in [4.69, 9.17) is 23.1 Å². The summed E-state index contributed by atoms with van der Waals surface area (Å²) in [4.78, 5) is 21.7. The summed E-state index contributed by atoms with van der Waals surface area (Å²) in [6, 6.07) is -0.560. The van der Waals surface area contributed by atoms with Gasteiger partial charge in [-0.15, -0.1) is 0 Å². The van der Waals surface area contributed by atoms with E-state index in [2.05, 4.69) is 10.6 Å². The Bertz CT molecular complexity index is 343. The Balaban J connectivity index is 2.37. The molecule has 1 unspecified atom stereocenters. The summed E-state index contributed by atoms with van der Waals surface area (Å²) in [5, 5.41) is 15.2. The zero-order chi connectivity index (χ0) is 14.3. The fourth-order valence-electron chi connectivity index (χ4n) is 2.18. The van der Waals surface area contributed by atoms with Crippen LogP contribution in [0.4, 0.5) is 0 Å². The summed E-state index contributed by atoms with van der Waals surface area (Å²) < 4.78 is 0. The molecule has 0 saturated heterocycles. The second kappa shape index (κ2) is 7.93. The Morgan fingerprint density at radius 2 is 1.95 bits per heavy atom. The van der Waals surface area contributed by atoms with Crippen molar-refractivity contribution in [2.75, 3.05) is 0 Å². The van der Waals surface area contributed by atoms with Gasteiger partial charge < -0.3 is 21.5 Å². The molecule has 7 heteroatoms. The monoisotopic (exact) mass is 287 g/mol. The van der Waals surface area contributed by atoms with Crippen LogP contribution >= 0.6 is 12.2 Å². The van der Waals surface area contributed by atoms with Gasteiger partial charge >= 0.3 is 5.97 Å². The van der Waals surface area contributed by atoms with Crippen LogP contribution < -0.4 is 16.4 Å². The first-order valence-corrected chi connectivity index (χ1v) is 6.98. The van der Waals surface area contributed by atoms with Crippen molar-refractivity contribution in [2.45, 2.75) is 57.0 Å². The number of hydrogen-bond acceptors (Lipinski definition) is 3. The topological polar surface area (TPSA) is 104 Å². The maximum atomic E-state index is 11.0. The minimum Gasteiger partial charge on any atom is -0.480 e. The predicted octanol–water partition coefficient (Wildman–Crippen LogP) is 0.502. The first kappa shape index (κ1) is 15.7. The van der Waals surface area contributed by atoms with Gasteiger partial charge in [-0.05, 0) is 31.5 Å². The Hall–Kier alpha value is -1.37. The van der Waals surface area contributed by atoms with E-state index in [1.807, 2.05) is 0 Å². The number of thiocarbonyl (C=S) groups is 1. The minimum atomic E-state index is -1.03. The smallest absolute Gasteiger partial charge is 0.326 e. The van der Waals surface area contributed by atoms with Crippen LogP contribution in [0.5, 0.6) is 0 Å². The van der Waals surface area contributed by atoms with Crippen molar-refractivity contribution in [2.24, 2.45) is 5.73 Å². The van der Waals surface area contributed by atoms with Crippen LogP contribution in [0, 0.1) is 0 Å². The van der Waals surface area contributed by atoms with Gasteiger partial charge in [0.2, 0.25) is 5.91 Å². The van der Waals surface area contributed by atoms with Crippen molar-refractivity contribution in [3.8, 4) is 0 Å². The fraction of sp³-hybridized carbons (Fsp3) is 0.750. The molecule has 0 radical (unpaired) electrons. The molecular weight excluding hydrogens is 266 g/mol. The molecule has 1 rings (SSSR count). The molecule has 0 aromatic carbocycles. The number of carbonyl (C=O) groups is 2. The fourth-order valence-corrected chi connectivity index (χ4v) is 2.49. The number of hydrogen-bond donors (Lipinski definition) is 4. The third-order valence-electron chi connectivity index (χ3n) is 3.22. The number of aliphatic carboxylic acids is 1. The standard InChI is InChI=1S/C12H21N3O3S/c13-10(16)7-6-9(11(17)18)15-12(19)14-8-4-2-1-3-5-8/h8-9H,1-7H2,(H2,13,16)(H,17,18)(H2,14,15,19). The zero-order valence-electron chi connectivity index (χ0n) is 10.9. The molecule has 0 spiro atoms. The van der Waals surface area contributed by atoms with E-state index in [-0.39, 0.29) is 12.8 Å². The SMILES string of the molecule is NC(=O)CCC(NC(=S)NC1CCCCC1)C(=O)O. The van der Waals surface area contributed by atoms with Gasteiger partial charge in [0.25, 0.3) is 0 Å². The second-order valence-corrected chi connectivity index (χ2v) is 5.26. The average Bonchev–Trinajstić information content (AvgIpc) is 2.35. The van der Waals surface area contributed by atoms with Crippen LogP contribution in [0.2, 0.25) is 0 Å². The Morgan fingerprint density at radius 1 is 1.32 bits per heavy atom. The largest absolute Gasteiger partial charge is 0.480 e. The molecule has 19 heavy (non-hydrogen) atoms. The van der Waals surface area contributed by atoms with Gasteiger partial charge in [-0.1, -0.05) is 19.3 Å². The van der Waals surface area contributed by atoms with Gasteiger partial charge in [-0.2, -0.15) is 0 Å². The first-order chi connectivity index (χ1) is 8.99. The van der Waals surface area contributed by atoms with Crippen molar-refractivity contribution < 1.29 is 14.7 Å². The summed E-state index contributed by atoms with van der Waals surface area (Å²) in [6.07, 6.45) is 5.86. The lowest BCUT2D eigenvalue weighted by Crippen LogP contribution is -2.49. The molecule has 5 N–H and O–H groups in total. The second-order valence-electron chi connectivity index (χ2n) is 4.85. The predicted molar refractivity (Wildman–Crippen MR) is 75.6 cm³/mol. The molecule has 1 amide bonds. The third-order valence-corrected chi connectivity index (χ3v) is 3.46. The number of carboxylic acid groups (broad SMARTS) is 1. The van der Waals surface area contributed by atoms with E-state index >= 15 is 0 Å². The molecule has 1 fully saturated rings. The van der Waals surface area contributed by atoms with Gasteiger partial charge in [0, 0.05) is 12.5 Å². The summed E-state index contributed by atoms with van der Waals surface area (Å²) in [5.41, 5.74) is 5.01. The van der Waals surface area contributed by atoms with Crippen LogP contribution in [0.15, 0.2) is 0 Å². The molecule has 108 valence electrons. The highest BCUT2D eigenvalue weighted by Gasteiger charge is 2.20. The van der Waals surface area contributed by atoms with E-state index in [0.717, 1.165) is 12.8 Å². The van der Waals surface area contributed by atoms with Gasteiger partial charge in [0.05, 0.1) is 0 Å². The first-order valence-electron chi connectivity index (χ1n) is 6.57. The van der Waals surface area contributed by atoms with Crippen LogP contribution in [0.3, 0.4) is 0 Å². The van der Waals surface area contributed by atoms with E-state index in [9.17, 15) is 9.59 Å². The van der Waals surface area contributed by atoms with Crippen molar-refractivity contribution in [3.05, 3.63) is 0 Å². The van der Waals surface area contributed by atoms with Crippen LogP contribution in [0.25, 0.3) is 0 Å². The summed E-state index contributed by atoms with van der Waals surface area (Å²) in [5.74, 6) is -1.55. The highest BCUT2D eigenvalue weighted by atomic mass is 32.1. The molecule has 1 saturated carbocycles. The normalized spacial score (nSPS) is 17.5. The lowest BCUT2D eigenvalue weighted by Gasteiger charge is -2.25. The third kappa shape index (κ3) is 6.37. The maximum Gasteiger partial charge on any atom is 0.326 e. The van der Waals surface area contributed by atoms with Gasteiger partial charge in [-0.3, -0.25) is 4.79 Å². The zero-order valence-corrected chi connectivity index (χ0v) is 11.7. The lowest BCUT2D eigenvalue weighted by molar-refractivity contribution is -0.139. The van der Waals surface area contributed by atoms with Crippen LogP contribution in [0.1, 0.15) is 44.9 Å². The summed E-state index contributed by atoms with van der Waals surface area (Å²) in [7, 11) is 0. The molecule has 0 bridgehead atoms. The molecule has 0 aromatic rings. The molecule has 6 nitrogen and oxygen atoms in total. The highest BCUT2D eigenvalue weighted by Crippen LogP contribution is 2.17. The van der Waals surface area contributed by atoms with Crippen molar-refractivity contribution >= 4 is 29.2 Å². The van der Waals surface area contributed by atoms with Gasteiger partial charge in [-0.25, -0.2) is 4.79 Å². The maximum absolute atomic E-state index is 11.0. The van der Waals surface area contributed by atoms with E-state index in [0.29, 0.717) is 11.2 Å². The number of nitrogens with two attached hydrogens (primary N) is 1. The number of primary amides is 1. The van der Waals surface area contributed by atoms with E-state index < -0.39 is 17.9 Å². The van der Waals surface area contributed by atoms with Gasteiger partial charge in [0.15, 0.2) is 5.11 Å². The van der Waals surface area contributed by atoms with Crippen LogP contribution in [-0.2, 0) is 9.59 Å². The average molecular weight is 287 g/mol. The summed E-state index contributed by atoms with van der Waals surface area (Å²) >= 11 is 5.11. The number of amides is 1. The minimum absolute atomic E-state index is 0.0238. The Morgan fingerprint density at radius 3 is 2.47 bits per heavy atom. The lowest BCUT2D eigenvalue weighted by atomic mass is 9.96. The number of nitrogens with one attached hydrogen (secondary N) is 2. The molecule has 1 aliphatic carbocycles. The molecule has 0 aromatic heterocycles. The van der Waals surface area contributed by atoms with Gasteiger partial charge in [0.1, 0.15) is 6.04 Å².